The Balaban J connectivity index is 2.03. The minimum atomic E-state index is 0.387. The molecule has 0 aliphatic carbocycles. The van der Waals surface area contributed by atoms with Gasteiger partial charge in [-0.1, -0.05) is 6.92 Å². The molecule has 0 spiro atoms. The lowest BCUT2D eigenvalue weighted by Gasteiger charge is -2.36. The highest BCUT2D eigenvalue weighted by Crippen LogP contribution is 2.17. The summed E-state index contributed by atoms with van der Waals surface area (Å²) in [4.78, 5) is 6.87. The minimum Gasteiger partial charge on any atom is -0.377 e. The van der Waals surface area contributed by atoms with Gasteiger partial charge in [-0.3, -0.25) is 0 Å². The second-order valence-electron chi connectivity index (χ2n) is 4.64. The van der Waals surface area contributed by atoms with Gasteiger partial charge < -0.3 is 19.5 Å². The van der Waals surface area contributed by atoms with Crippen LogP contribution < -0.4 is 10.2 Å². The van der Waals surface area contributed by atoms with Crippen molar-refractivity contribution in [1.29, 1.82) is 0 Å². The number of aryl methyl sites for hydroxylation is 1. The van der Waals surface area contributed by atoms with E-state index in [4.69, 9.17) is 4.74 Å². The zero-order valence-corrected chi connectivity index (χ0v) is 11.4. The van der Waals surface area contributed by atoms with Crippen molar-refractivity contribution >= 4 is 5.95 Å². The molecule has 1 unspecified atom stereocenters. The number of hydrogen-bond donors (Lipinski definition) is 1. The van der Waals surface area contributed by atoms with E-state index in [0.29, 0.717) is 6.04 Å². The van der Waals surface area contributed by atoms with Gasteiger partial charge in [0, 0.05) is 32.0 Å². The third kappa shape index (κ3) is 3.03. The number of ether oxygens (including phenoxy) is 1. The van der Waals surface area contributed by atoms with Gasteiger partial charge in [-0.05, 0) is 19.9 Å². The molecule has 0 aromatic carbocycles. The molecule has 102 valence electrons. The molecule has 1 N–H and O–H groups in total. The van der Waals surface area contributed by atoms with Crippen LogP contribution in [0.1, 0.15) is 20.3 Å². The van der Waals surface area contributed by atoms with Crippen LogP contribution in [0.3, 0.4) is 0 Å². The highest BCUT2D eigenvalue weighted by molar-refractivity contribution is 5.34. The fourth-order valence-electron chi connectivity index (χ4n) is 2.34. The Hall–Kier alpha value is -1.07. The summed E-state index contributed by atoms with van der Waals surface area (Å²) in [5.74, 6) is 1.07. The first kappa shape index (κ1) is 13.4. The molecule has 2 heterocycles. The zero-order valence-electron chi connectivity index (χ0n) is 11.4. The number of anilines is 1. The SMILES string of the molecule is CCCNCC1COCCN1c1nccn1CC. The Morgan fingerprint density at radius 2 is 2.39 bits per heavy atom. The molecular formula is C13H24N4O. The van der Waals surface area contributed by atoms with Crippen molar-refractivity contribution in [1.82, 2.24) is 14.9 Å². The Bertz CT molecular complexity index is 353. The smallest absolute Gasteiger partial charge is 0.205 e. The summed E-state index contributed by atoms with van der Waals surface area (Å²) in [5.41, 5.74) is 0. The van der Waals surface area contributed by atoms with E-state index in [1.807, 2.05) is 12.4 Å². The quantitative estimate of drug-likeness (QED) is 0.770. The maximum atomic E-state index is 5.60. The lowest BCUT2D eigenvalue weighted by Crippen LogP contribution is -2.51. The molecule has 1 aliphatic heterocycles. The van der Waals surface area contributed by atoms with E-state index < -0.39 is 0 Å². The lowest BCUT2D eigenvalue weighted by atomic mass is 10.2. The lowest BCUT2D eigenvalue weighted by molar-refractivity contribution is 0.0926. The van der Waals surface area contributed by atoms with Crippen molar-refractivity contribution < 1.29 is 4.74 Å². The van der Waals surface area contributed by atoms with Gasteiger partial charge in [0.25, 0.3) is 0 Å². The van der Waals surface area contributed by atoms with E-state index in [-0.39, 0.29) is 0 Å². The average molecular weight is 252 g/mol. The highest BCUT2D eigenvalue weighted by Gasteiger charge is 2.25. The molecule has 1 aromatic heterocycles. The van der Waals surface area contributed by atoms with E-state index in [0.717, 1.165) is 51.8 Å². The Morgan fingerprint density at radius 1 is 1.50 bits per heavy atom. The first-order valence-corrected chi connectivity index (χ1v) is 6.93. The van der Waals surface area contributed by atoms with Gasteiger partial charge in [0.2, 0.25) is 5.95 Å². The monoisotopic (exact) mass is 252 g/mol. The van der Waals surface area contributed by atoms with Crippen molar-refractivity contribution in [2.75, 3.05) is 37.7 Å². The summed E-state index contributed by atoms with van der Waals surface area (Å²) in [6.07, 6.45) is 5.09. The maximum Gasteiger partial charge on any atom is 0.205 e. The number of nitrogens with zero attached hydrogens (tertiary/aromatic N) is 3. The third-order valence-corrected chi connectivity index (χ3v) is 3.33. The molecule has 1 saturated heterocycles. The second kappa shape index (κ2) is 6.75. The van der Waals surface area contributed by atoms with Gasteiger partial charge >= 0.3 is 0 Å². The number of imidazole rings is 1. The van der Waals surface area contributed by atoms with Crippen LogP contribution in [0.5, 0.6) is 0 Å². The van der Waals surface area contributed by atoms with E-state index in [1.165, 1.54) is 0 Å². The zero-order chi connectivity index (χ0) is 12.8. The number of morpholine rings is 1. The van der Waals surface area contributed by atoms with Crippen LogP contribution in [0, 0.1) is 0 Å². The largest absolute Gasteiger partial charge is 0.377 e. The van der Waals surface area contributed by atoms with Crippen LogP contribution in [-0.2, 0) is 11.3 Å². The standard InChI is InChI=1S/C13H24N4O/c1-3-5-14-10-12-11-18-9-8-17(12)13-15-6-7-16(13)4-2/h6-7,12,14H,3-5,8-11H2,1-2H3. The molecule has 5 heteroatoms. The van der Waals surface area contributed by atoms with Crippen molar-refractivity contribution in [2.45, 2.75) is 32.9 Å². The van der Waals surface area contributed by atoms with Crippen LogP contribution in [0.2, 0.25) is 0 Å². The van der Waals surface area contributed by atoms with E-state index >= 15 is 0 Å². The summed E-state index contributed by atoms with van der Waals surface area (Å²) in [7, 11) is 0. The topological polar surface area (TPSA) is 42.3 Å². The molecular weight excluding hydrogens is 228 g/mol. The van der Waals surface area contributed by atoms with Crippen LogP contribution >= 0.6 is 0 Å². The Kier molecular flexibility index (Phi) is 5.01. The second-order valence-corrected chi connectivity index (χ2v) is 4.64. The third-order valence-electron chi connectivity index (χ3n) is 3.33. The van der Waals surface area contributed by atoms with Gasteiger partial charge in [-0.15, -0.1) is 0 Å². The van der Waals surface area contributed by atoms with Crippen molar-refractivity contribution in [3.63, 3.8) is 0 Å². The molecule has 0 radical (unpaired) electrons. The maximum absolute atomic E-state index is 5.60. The van der Waals surface area contributed by atoms with E-state index in [1.54, 1.807) is 0 Å². The Morgan fingerprint density at radius 3 is 3.17 bits per heavy atom. The number of hydrogen-bond acceptors (Lipinski definition) is 4. The first-order chi connectivity index (χ1) is 8.86. The van der Waals surface area contributed by atoms with Crippen LogP contribution in [0.15, 0.2) is 12.4 Å². The van der Waals surface area contributed by atoms with Crippen LogP contribution in [-0.4, -0.2) is 48.4 Å². The molecule has 0 amide bonds. The molecule has 2 rings (SSSR count). The summed E-state index contributed by atoms with van der Waals surface area (Å²) in [6.45, 7) is 9.82. The van der Waals surface area contributed by atoms with E-state index in [9.17, 15) is 0 Å². The molecule has 5 nitrogen and oxygen atoms in total. The number of aromatic nitrogens is 2. The van der Waals surface area contributed by atoms with E-state index in [2.05, 4.69) is 33.6 Å². The number of nitrogens with one attached hydrogen (secondary N) is 1. The normalized spacial score (nSPS) is 20.3. The summed E-state index contributed by atoms with van der Waals surface area (Å²) >= 11 is 0. The average Bonchev–Trinajstić information content (AvgIpc) is 2.88. The molecule has 1 atom stereocenters. The first-order valence-electron chi connectivity index (χ1n) is 6.93. The molecule has 0 saturated carbocycles. The highest BCUT2D eigenvalue weighted by atomic mass is 16.5. The molecule has 18 heavy (non-hydrogen) atoms. The fraction of sp³-hybridized carbons (Fsp3) is 0.769. The van der Waals surface area contributed by atoms with Gasteiger partial charge in [-0.25, -0.2) is 4.98 Å². The number of rotatable bonds is 6. The van der Waals surface area contributed by atoms with Crippen LogP contribution in [0.4, 0.5) is 5.95 Å². The fourth-order valence-corrected chi connectivity index (χ4v) is 2.34. The van der Waals surface area contributed by atoms with Crippen molar-refractivity contribution in [3.8, 4) is 0 Å². The van der Waals surface area contributed by atoms with Gasteiger partial charge in [0.15, 0.2) is 0 Å². The minimum absolute atomic E-state index is 0.387. The van der Waals surface area contributed by atoms with Gasteiger partial charge in [0.05, 0.1) is 19.3 Å². The predicted molar refractivity (Wildman–Crippen MR) is 73.0 cm³/mol. The molecule has 0 bridgehead atoms. The van der Waals surface area contributed by atoms with Crippen molar-refractivity contribution in [2.24, 2.45) is 0 Å². The van der Waals surface area contributed by atoms with Gasteiger partial charge in [0.1, 0.15) is 0 Å². The summed E-state index contributed by atoms with van der Waals surface area (Å²) < 4.78 is 7.79. The summed E-state index contributed by atoms with van der Waals surface area (Å²) in [6, 6.07) is 0.387. The van der Waals surface area contributed by atoms with Crippen LogP contribution in [0.25, 0.3) is 0 Å². The Labute approximate surface area is 109 Å². The van der Waals surface area contributed by atoms with Gasteiger partial charge in [-0.2, -0.15) is 0 Å². The predicted octanol–water partition coefficient (Wildman–Crippen LogP) is 1.11. The molecule has 1 fully saturated rings. The molecule has 1 aromatic rings. The molecule has 1 aliphatic rings. The summed E-state index contributed by atoms with van der Waals surface area (Å²) in [5, 5.41) is 3.48. The van der Waals surface area contributed by atoms with Crippen molar-refractivity contribution in [3.05, 3.63) is 12.4 Å².